The van der Waals surface area contributed by atoms with Crippen LogP contribution in [0.2, 0.25) is 0 Å². The molecule has 0 bridgehead atoms. The van der Waals surface area contributed by atoms with Crippen molar-refractivity contribution >= 4 is 17.5 Å². The topological polar surface area (TPSA) is 67.7 Å². The van der Waals surface area contributed by atoms with E-state index in [0.29, 0.717) is 43.7 Å². The van der Waals surface area contributed by atoms with Crippen LogP contribution in [0, 0.1) is 5.82 Å². The van der Waals surface area contributed by atoms with Gasteiger partial charge < -0.3 is 14.5 Å². The van der Waals surface area contributed by atoms with Gasteiger partial charge in [-0.15, -0.1) is 0 Å². The number of nitrogens with zero attached hydrogens (tertiary/aromatic N) is 4. The fourth-order valence-electron chi connectivity index (χ4n) is 3.71. The molecule has 7 nitrogen and oxygen atoms in total. The van der Waals surface area contributed by atoms with Gasteiger partial charge in [0.05, 0.1) is 23.9 Å². The first-order chi connectivity index (χ1) is 13.0. The minimum atomic E-state index is -0.478. The van der Waals surface area contributed by atoms with Gasteiger partial charge in [-0.25, -0.2) is 4.39 Å². The Bertz CT molecular complexity index is 856. The number of piperidine rings is 1. The zero-order valence-electron chi connectivity index (χ0n) is 15.1. The number of anilines is 1. The number of aryl methyl sites for hydroxylation is 1. The number of rotatable bonds is 2. The number of halogens is 1. The van der Waals surface area contributed by atoms with E-state index in [0.717, 1.165) is 0 Å². The highest BCUT2D eigenvalue weighted by Crippen LogP contribution is 2.33. The summed E-state index contributed by atoms with van der Waals surface area (Å²) >= 11 is 0. The first-order valence-corrected chi connectivity index (χ1v) is 8.94. The molecule has 0 atom stereocenters. The van der Waals surface area contributed by atoms with Crippen LogP contribution in [0.4, 0.5) is 10.1 Å². The van der Waals surface area contributed by atoms with Gasteiger partial charge in [-0.3, -0.25) is 14.3 Å². The standard InChI is InChI=1S/C19H21FN4O3/c1-22-11-14(10-21-22)18(26)23-8-6-19(7-9-23)13-24(17(25)12-27-19)16-4-2-15(20)3-5-16/h2-5,10-11H,6-9,12-13H2,1H3. The van der Waals surface area contributed by atoms with Gasteiger partial charge >= 0.3 is 0 Å². The smallest absolute Gasteiger partial charge is 0.257 e. The van der Waals surface area contributed by atoms with Crippen molar-refractivity contribution < 1.29 is 18.7 Å². The SMILES string of the molecule is Cn1cc(C(=O)N2CCC3(CC2)CN(c2ccc(F)cc2)C(=O)CO3)cn1. The van der Waals surface area contributed by atoms with Crippen LogP contribution in [-0.2, 0) is 16.6 Å². The third-order valence-corrected chi connectivity index (χ3v) is 5.30. The summed E-state index contributed by atoms with van der Waals surface area (Å²) in [6.45, 7) is 1.51. The van der Waals surface area contributed by atoms with Crippen LogP contribution in [0.3, 0.4) is 0 Å². The van der Waals surface area contributed by atoms with E-state index in [4.69, 9.17) is 4.74 Å². The van der Waals surface area contributed by atoms with Crippen molar-refractivity contribution in [2.75, 3.05) is 31.1 Å². The molecule has 0 aliphatic carbocycles. The van der Waals surface area contributed by atoms with Crippen molar-refractivity contribution in [3.63, 3.8) is 0 Å². The molecule has 2 aliphatic rings. The fraction of sp³-hybridized carbons (Fsp3) is 0.421. The minimum Gasteiger partial charge on any atom is -0.363 e. The number of morpholine rings is 1. The van der Waals surface area contributed by atoms with Crippen LogP contribution < -0.4 is 4.90 Å². The van der Waals surface area contributed by atoms with E-state index >= 15 is 0 Å². The largest absolute Gasteiger partial charge is 0.363 e. The van der Waals surface area contributed by atoms with Crippen LogP contribution in [0.25, 0.3) is 0 Å². The van der Waals surface area contributed by atoms with E-state index < -0.39 is 5.60 Å². The first kappa shape index (κ1) is 17.7. The second-order valence-electron chi connectivity index (χ2n) is 7.12. The summed E-state index contributed by atoms with van der Waals surface area (Å²) in [5.74, 6) is -0.516. The second kappa shape index (κ2) is 6.77. The summed E-state index contributed by atoms with van der Waals surface area (Å²) in [6, 6.07) is 5.90. The van der Waals surface area contributed by atoms with Crippen LogP contribution in [0.1, 0.15) is 23.2 Å². The lowest BCUT2D eigenvalue weighted by atomic mass is 9.88. The summed E-state index contributed by atoms with van der Waals surface area (Å²) in [6.07, 6.45) is 4.56. The van der Waals surface area contributed by atoms with Gasteiger partial charge in [-0.05, 0) is 37.1 Å². The van der Waals surface area contributed by atoms with Crippen LogP contribution in [0.5, 0.6) is 0 Å². The third-order valence-electron chi connectivity index (χ3n) is 5.30. The van der Waals surface area contributed by atoms with Crippen molar-refractivity contribution in [2.24, 2.45) is 7.05 Å². The van der Waals surface area contributed by atoms with E-state index in [1.807, 2.05) is 0 Å². The van der Waals surface area contributed by atoms with E-state index in [1.54, 1.807) is 46.1 Å². The number of hydrogen-bond acceptors (Lipinski definition) is 4. The molecule has 2 saturated heterocycles. The van der Waals surface area contributed by atoms with E-state index in [2.05, 4.69) is 5.10 Å². The predicted molar refractivity (Wildman–Crippen MR) is 95.8 cm³/mol. The van der Waals surface area contributed by atoms with E-state index in [9.17, 15) is 14.0 Å². The van der Waals surface area contributed by atoms with E-state index in [-0.39, 0.29) is 24.2 Å². The molecule has 2 aromatic rings. The van der Waals surface area contributed by atoms with Crippen molar-refractivity contribution in [1.29, 1.82) is 0 Å². The zero-order chi connectivity index (χ0) is 19.0. The predicted octanol–water partition coefficient (Wildman–Crippen LogP) is 1.60. The van der Waals surface area contributed by atoms with Gasteiger partial charge in [0.15, 0.2) is 0 Å². The average molecular weight is 372 g/mol. The molecule has 142 valence electrons. The number of ether oxygens (including phenoxy) is 1. The summed E-state index contributed by atoms with van der Waals surface area (Å²) in [4.78, 5) is 28.3. The molecule has 2 aliphatic heterocycles. The molecule has 0 unspecified atom stereocenters. The zero-order valence-corrected chi connectivity index (χ0v) is 15.1. The third kappa shape index (κ3) is 3.44. The second-order valence-corrected chi connectivity index (χ2v) is 7.12. The Morgan fingerprint density at radius 1 is 1.22 bits per heavy atom. The molecule has 0 radical (unpaired) electrons. The van der Waals surface area contributed by atoms with Gasteiger partial charge in [0.25, 0.3) is 11.8 Å². The number of likely N-dealkylation sites (tertiary alicyclic amines) is 1. The van der Waals surface area contributed by atoms with Gasteiger partial charge in [-0.1, -0.05) is 0 Å². The molecule has 1 spiro atoms. The number of carbonyl (C=O) groups is 2. The summed E-state index contributed by atoms with van der Waals surface area (Å²) in [7, 11) is 1.78. The summed E-state index contributed by atoms with van der Waals surface area (Å²) < 4.78 is 20.7. The first-order valence-electron chi connectivity index (χ1n) is 8.94. The quantitative estimate of drug-likeness (QED) is 0.803. The highest BCUT2D eigenvalue weighted by Gasteiger charge is 2.43. The van der Waals surface area contributed by atoms with Crippen molar-refractivity contribution in [2.45, 2.75) is 18.4 Å². The maximum absolute atomic E-state index is 13.2. The molecule has 1 aromatic heterocycles. The molecule has 8 heteroatoms. The van der Waals surface area contributed by atoms with Crippen LogP contribution in [0.15, 0.2) is 36.7 Å². The summed E-state index contributed by atoms with van der Waals surface area (Å²) in [5.41, 5.74) is 0.757. The number of amides is 2. The molecule has 27 heavy (non-hydrogen) atoms. The molecular weight excluding hydrogens is 351 g/mol. The molecule has 1 aromatic carbocycles. The normalized spacial score (nSPS) is 19.6. The lowest BCUT2D eigenvalue weighted by Crippen LogP contribution is -2.59. The Kier molecular flexibility index (Phi) is 4.43. The monoisotopic (exact) mass is 372 g/mol. The minimum absolute atomic E-state index is 0.00602. The number of carbonyl (C=O) groups excluding carboxylic acids is 2. The Hall–Kier alpha value is -2.74. The van der Waals surface area contributed by atoms with Crippen LogP contribution >= 0.6 is 0 Å². The molecule has 0 N–H and O–H groups in total. The van der Waals surface area contributed by atoms with Gasteiger partial charge in [0.1, 0.15) is 12.4 Å². The highest BCUT2D eigenvalue weighted by molar-refractivity contribution is 5.95. The van der Waals surface area contributed by atoms with Crippen LogP contribution in [-0.4, -0.2) is 58.3 Å². The Morgan fingerprint density at radius 2 is 1.93 bits per heavy atom. The van der Waals surface area contributed by atoms with Crippen molar-refractivity contribution in [1.82, 2.24) is 14.7 Å². The van der Waals surface area contributed by atoms with Gasteiger partial charge in [0, 0.05) is 32.0 Å². The maximum Gasteiger partial charge on any atom is 0.257 e. The van der Waals surface area contributed by atoms with Gasteiger partial charge in [-0.2, -0.15) is 5.10 Å². The lowest BCUT2D eigenvalue weighted by Gasteiger charge is -2.46. The van der Waals surface area contributed by atoms with E-state index in [1.165, 1.54) is 12.1 Å². The number of hydrogen-bond donors (Lipinski definition) is 0. The van der Waals surface area contributed by atoms with Crippen molar-refractivity contribution in [3.8, 4) is 0 Å². The summed E-state index contributed by atoms with van der Waals surface area (Å²) in [5, 5.41) is 4.05. The van der Waals surface area contributed by atoms with Gasteiger partial charge in [0.2, 0.25) is 0 Å². The lowest BCUT2D eigenvalue weighted by molar-refractivity contribution is -0.143. The maximum atomic E-state index is 13.2. The molecule has 2 amide bonds. The molecule has 3 heterocycles. The highest BCUT2D eigenvalue weighted by atomic mass is 19.1. The fourth-order valence-corrected chi connectivity index (χ4v) is 3.71. The molecule has 0 saturated carbocycles. The average Bonchev–Trinajstić information content (AvgIpc) is 3.11. The Balaban J connectivity index is 1.45. The Labute approximate surface area is 156 Å². The number of aromatic nitrogens is 2. The molecular formula is C19H21FN4O3. The molecule has 4 rings (SSSR count). The van der Waals surface area contributed by atoms with Crippen molar-refractivity contribution in [3.05, 3.63) is 48.0 Å². The Morgan fingerprint density at radius 3 is 2.56 bits per heavy atom. The number of benzene rings is 1. The molecule has 2 fully saturated rings.